The van der Waals surface area contributed by atoms with Gasteiger partial charge in [-0.3, -0.25) is 0 Å². The predicted molar refractivity (Wildman–Crippen MR) is 147 cm³/mol. The number of hydrogen-bond donors (Lipinski definition) is 0. The first-order chi connectivity index (χ1) is 16.7. The van der Waals surface area contributed by atoms with Crippen molar-refractivity contribution in [3.8, 4) is 5.69 Å². The van der Waals surface area contributed by atoms with Crippen LogP contribution in [0.4, 0.5) is 17.1 Å². The van der Waals surface area contributed by atoms with E-state index in [4.69, 9.17) is 0 Å². The summed E-state index contributed by atoms with van der Waals surface area (Å²) in [6.07, 6.45) is 0. The van der Waals surface area contributed by atoms with Crippen molar-refractivity contribution in [2.75, 3.05) is 4.90 Å². The number of anilines is 3. The van der Waals surface area contributed by atoms with Crippen LogP contribution in [0.15, 0.2) is 91.0 Å². The van der Waals surface area contributed by atoms with E-state index in [1.807, 2.05) is 0 Å². The summed E-state index contributed by atoms with van der Waals surface area (Å²) in [6, 6.07) is 33.8. The molecule has 4 aromatic carbocycles. The van der Waals surface area contributed by atoms with Crippen LogP contribution in [0.25, 0.3) is 26.2 Å². The third-order valence-electron chi connectivity index (χ3n) is 7.81. The third-order valence-corrected chi connectivity index (χ3v) is 10.4. The van der Waals surface area contributed by atoms with Gasteiger partial charge in [0.2, 0.25) is 0 Å². The number of fused-ring (bicyclic) bond motifs is 6. The van der Waals surface area contributed by atoms with Gasteiger partial charge in [-0.05, 0) is 0 Å². The van der Waals surface area contributed by atoms with Crippen LogP contribution >= 0.6 is 0 Å². The van der Waals surface area contributed by atoms with Crippen LogP contribution < -0.4 is 20.2 Å². The summed E-state index contributed by atoms with van der Waals surface area (Å²) in [5.41, 5.74) is 12.4. The molecular weight excluding hydrogens is 478 g/mol. The van der Waals surface area contributed by atoms with Crippen molar-refractivity contribution >= 4 is 74.1 Å². The molecule has 0 saturated carbocycles. The van der Waals surface area contributed by atoms with Gasteiger partial charge in [0.25, 0.3) is 0 Å². The zero-order chi connectivity index (χ0) is 22.6. The van der Waals surface area contributed by atoms with Gasteiger partial charge in [-0.15, -0.1) is 0 Å². The van der Waals surface area contributed by atoms with E-state index >= 15 is 0 Å². The second-order valence-corrected chi connectivity index (χ2v) is 11.7. The van der Waals surface area contributed by atoms with Gasteiger partial charge in [-0.1, -0.05) is 0 Å². The number of aromatic nitrogens is 1. The normalized spacial score (nSPS) is 13.5. The topological polar surface area (TPSA) is 8.17 Å². The standard InChI is InChI=1S/C30H21BN2Se/c1-18-19(2)32-24-15-9-16-25-27(24)31(23-14-8-13-21(18)28(23)32)30-29(22-12-6-7-17-26(22)34-30)33(25)20-10-4-3-5-11-20/h3-17H,1-2H3. The molecule has 2 aromatic heterocycles. The molecule has 0 radical (unpaired) electrons. The molecule has 2 nitrogen and oxygen atoms in total. The molecule has 0 saturated heterocycles. The Balaban J connectivity index is 1.59. The number of rotatable bonds is 1. The Morgan fingerprint density at radius 3 is 2.32 bits per heavy atom. The molecule has 6 aromatic rings. The molecule has 0 atom stereocenters. The van der Waals surface area contributed by atoms with Crippen molar-refractivity contribution < 1.29 is 0 Å². The Kier molecular flexibility index (Phi) is 3.65. The van der Waals surface area contributed by atoms with Crippen LogP contribution in [0.1, 0.15) is 11.3 Å². The second-order valence-electron chi connectivity index (χ2n) is 9.41. The van der Waals surface area contributed by atoms with E-state index in [-0.39, 0.29) is 14.5 Å². The predicted octanol–water partition coefficient (Wildman–Crippen LogP) is 5.07. The van der Waals surface area contributed by atoms with Crippen LogP contribution in [0, 0.1) is 13.8 Å². The molecule has 0 unspecified atom stereocenters. The first-order valence-corrected chi connectivity index (χ1v) is 13.6. The number of benzene rings is 4. The van der Waals surface area contributed by atoms with Crippen LogP contribution in [0.3, 0.4) is 0 Å². The van der Waals surface area contributed by atoms with Crippen LogP contribution in [-0.2, 0) is 0 Å². The molecule has 4 heterocycles. The Bertz CT molecular complexity index is 1790. The van der Waals surface area contributed by atoms with E-state index in [1.54, 1.807) is 4.34 Å². The van der Waals surface area contributed by atoms with Crippen LogP contribution in [0.2, 0.25) is 0 Å². The van der Waals surface area contributed by atoms with E-state index in [0.717, 1.165) is 0 Å². The molecule has 0 fully saturated rings. The minimum atomic E-state index is 0.287. The number of nitrogens with zero attached hydrogens (tertiary/aromatic N) is 2. The molecule has 0 spiro atoms. The fourth-order valence-electron chi connectivity index (χ4n) is 6.28. The summed E-state index contributed by atoms with van der Waals surface area (Å²) < 4.78 is 5.61. The van der Waals surface area contributed by atoms with E-state index in [2.05, 4.69) is 114 Å². The fraction of sp³-hybridized carbons (Fsp3) is 0.0667. The summed E-state index contributed by atoms with van der Waals surface area (Å²) in [5.74, 6) is 0. The molecule has 2 aliphatic heterocycles. The van der Waals surface area contributed by atoms with Crippen molar-refractivity contribution in [1.82, 2.24) is 4.57 Å². The Morgan fingerprint density at radius 1 is 0.706 bits per heavy atom. The first-order valence-electron chi connectivity index (χ1n) is 11.8. The quantitative estimate of drug-likeness (QED) is 0.287. The van der Waals surface area contributed by atoms with Gasteiger partial charge in [-0.2, -0.15) is 0 Å². The summed E-state index contributed by atoms with van der Waals surface area (Å²) in [7, 11) is 0. The molecule has 0 aliphatic carbocycles. The molecule has 160 valence electrons. The van der Waals surface area contributed by atoms with E-state index in [0.29, 0.717) is 6.71 Å². The number of para-hydroxylation sites is 2. The molecule has 8 rings (SSSR count). The molecular formula is C30H21BN2Se. The maximum atomic E-state index is 2.54. The average Bonchev–Trinajstić information content (AvgIpc) is 3.38. The minimum absolute atomic E-state index is 0.287. The second kappa shape index (κ2) is 6.57. The van der Waals surface area contributed by atoms with Crippen LogP contribution in [-0.4, -0.2) is 25.8 Å². The molecule has 0 bridgehead atoms. The van der Waals surface area contributed by atoms with Gasteiger partial charge >= 0.3 is 205 Å². The zero-order valence-corrected chi connectivity index (χ0v) is 20.8. The average molecular weight is 499 g/mol. The molecule has 2 aliphatic rings. The van der Waals surface area contributed by atoms with E-state index in [1.165, 1.54) is 65.5 Å². The summed E-state index contributed by atoms with van der Waals surface area (Å²) in [5, 5.41) is 2.79. The van der Waals surface area contributed by atoms with Gasteiger partial charge in [0.15, 0.2) is 0 Å². The van der Waals surface area contributed by atoms with Gasteiger partial charge in [0, 0.05) is 0 Å². The molecule has 34 heavy (non-hydrogen) atoms. The summed E-state index contributed by atoms with van der Waals surface area (Å²) in [4.78, 5) is 2.54. The van der Waals surface area contributed by atoms with Gasteiger partial charge in [0.1, 0.15) is 0 Å². The zero-order valence-electron chi connectivity index (χ0n) is 19.0. The monoisotopic (exact) mass is 500 g/mol. The summed E-state index contributed by atoms with van der Waals surface area (Å²) >= 11 is 0.287. The van der Waals surface area contributed by atoms with Gasteiger partial charge in [0.05, 0.1) is 0 Å². The van der Waals surface area contributed by atoms with E-state index in [9.17, 15) is 0 Å². The Labute approximate surface area is 204 Å². The number of aryl methyl sites for hydroxylation is 1. The molecule has 0 N–H and O–H groups in total. The third kappa shape index (κ3) is 2.19. The number of hydrogen-bond acceptors (Lipinski definition) is 1. The van der Waals surface area contributed by atoms with Gasteiger partial charge < -0.3 is 0 Å². The summed E-state index contributed by atoms with van der Waals surface area (Å²) in [6.45, 7) is 4.85. The van der Waals surface area contributed by atoms with Crippen molar-refractivity contribution in [2.24, 2.45) is 0 Å². The Morgan fingerprint density at radius 2 is 1.44 bits per heavy atom. The van der Waals surface area contributed by atoms with Crippen molar-refractivity contribution in [3.63, 3.8) is 0 Å². The van der Waals surface area contributed by atoms with Crippen molar-refractivity contribution in [1.29, 1.82) is 0 Å². The SMILES string of the molecule is Cc1c(C)n2c3c(cccc13)B1c3[se]c4ccccc4c3N(c3ccccc3)c3cccc-2c31. The van der Waals surface area contributed by atoms with Crippen LogP contribution in [0.5, 0.6) is 0 Å². The van der Waals surface area contributed by atoms with Crippen molar-refractivity contribution in [2.45, 2.75) is 13.8 Å². The first kappa shape index (κ1) is 18.9. The Hall–Kier alpha value is -3.46. The van der Waals surface area contributed by atoms with E-state index < -0.39 is 0 Å². The maximum absolute atomic E-state index is 2.54. The fourth-order valence-corrected chi connectivity index (χ4v) is 9.04. The molecule has 4 heteroatoms. The van der Waals surface area contributed by atoms with Crippen molar-refractivity contribution in [3.05, 3.63) is 102 Å². The van der Waals surface area contributed by atoms with Gasteiger partial charge in [-0.25, -0.2) is 0 Å². The molecule has 0 amide bonds.